The monoisotopic (exact) mass is 299 g/mol. The van der Waals surface area contributed by atoms with Crippen molar-refractivity contribution in [3.8, 4) is 0 Å². The first-order chi connectivity index (χ1) is 9.74. The van der Waals surface area contributed by atoms with Crippen molar-refractivity contribution < 1.29 is 0 Å². The fraction of sp³-hybridized carbons (Fsp3) is 0.176. The van der Waals surface area contributed by atoms with Crippen molar-refractivity contribution in [1.29, 1.82) is 0 Å². The van der Waals surface area contributed by atoms with Crippen LogP contribution in [0.1, 0.15) is 24.1 Å². The lowest BCUT2D eigenvalue weighted by Gasteiger charge is -2.07. The molecule has 102 valence electrons. The van der Waals surface area contributed by atoms with Crippen LogP contribution in [0.25, 0.3) is 10.1 Å². The molecule has 1 aromatic heterocycles. The number of hydrogen-bond donors (Lipinski definition) is 1. The van der Waals surface area contributed by atoms with Crippen LogP contribution in [0.2, 0.25) is 0 Å². The normalized spacial score (nSPS) is 12.7. The lowest BCUT2D eigenvalue weighted by atomic mass is 10.1. The molecular weight excluding hydrogens is 282 g/mol. The van der Waals surface area contributed by atoms with Crippen molar-refractivity contribution >= 4 is 33.2 Å². The molecule has 0 aliphatic carbocycles. The van der Waals surface area contributed by atoms with E-state index in [0.29, 0.717) is 0 Å². The van der Waals surface area contributed by atoms with Gasteiger partial charge in [0, 0.05) is 21.4 Å². The average molecular weight is 299 g/mol. The topological polar surface area (TPSA) is 26.0 Å². The zero-order chi connectivity index (χ0) is 13.9. The van der Waals surface area contributed by atoms with Crippen molar-refractivity contribution in [3.05, 3.63) is 65.0 Å². The standard InChI is InChI=1S/C17H17NS2/c1-12(18)13-5-4-6-15(9-13)19-10-14-11-20-17-8-3-2-7-16(14)17/h2-9,11-12H,10,18H2,1H3. The Morgan fingerprint density at radius 2 is 2.00 bits per heavy atom. The molecule has 0 fully saturated rings. The number of nitrogens with two attached hydrogens (primary N) is 1. The molecule has 0 aliphatic heterocycles. The number of thioether (sulfide) groups is 1. The second-order valence-electron chi connectivity index (χ2n) is 4.91. The molecule has 0 saturated heterocycles. The van der Waals surface area contributed by atoms with E-state index in [4.69, 9.17) is 5.73 Å². The Morgan fingerprint density at radius 3 is 2.85 bits per heavy atom. The van der Waals surface area contributed by atoms with Gasteiger partial charge in [-0.1, -0.05) is 30.3 Å². The molecule has 2 aromatic carbocycles. The molecule has 0 amide bonds. The first-order valence-corrected chi connectivity index (χ1v) is 8.54. The molecule has 3 heteroatoms. The summed E-state index contributed by atoms with van der Waals surface area (Å²) < 4.78 is 1.37. The number of fused-ring (bicyclic) bond motifs is 1. The zero-order valence-electron chi connectivity index (χ0n) is 11.4. The Hall–Kier alpha value is -1.29. The summed E-state index contributed by atoms with van der Waals surface area (Å²) in [5.41, 5.74) is 8.56. The van der Waals surface area contributed by atoms with Crippen LogP contribution < -0.4 is 5.73 Å². The molecule has 0 radical (unpaired) electrons. The Bertz CT molecular complexity index is 716. The van der Waals surface area contributed by atoms with Gasteiger partial charge < -0.3 is 5.73 Å². The van der Waals surface area contributed by atoms with Crippen LogP contribution in [0.3, 0.4) is 0 Å². The van der Waals surface area contributed by atoms with Crippen molar-refractivity contribution in [2.75, 3.05) is 0 Å². The minimum Gasteiger partial charge on any atom is -0.324 e. The predicted molar refractivity (Wildman–Crippen MR) is 90.4 cm³/mol. The SMILES string of the molecule is CC(N)c1cccc(SCc2csc3ccccc23)c1. The maximum atomic E-state index is 5.94. The zero-order valence-corrected chi connectivity index (χ0v) is 13.0. The van der Waals surface area contributed by atoms with Crippen LogP contribution in [0.5, 0.6) is 0 Å². The summed E-state index contributed by atoms with van der Waals surface area (Å²) in [6.45, 7) is 2.02. The molecule has 1 atom stereocenters. The van der Waals surface area contributed by atoms with E-state index < -0.39 is 0 Å². The molecule has 3 rings (SSSR count). The van der Waals surface area contributed by atoms with Gasteiger partial charge in [-0.05, 0) is 47.0 Å². The smallest absolute Gasteiger partial charge is 0.0345 e. The van der Waals surface area contributed by atoms with Gasteiger partial charge in [0.2, 0.25) is 0 Å². The number of thiophene rings is 1. The van der Waals surface area contributed by atoms with Crippen LogP contribution in [0.15, 0.2) is 58.8 Å². The van der Waals surface area contributed by atoms with Crippen molar-refractivity contribution in [2.24, 2.45) is 5.73 Å². The number of hydrogen-bond acceptors (Lipinski definition) is 3. The first-order valence-electron chi connectivity index (χ1n) is 6.67. The minimum atomic E-state index is 0.0949. The minimum absolute atomic E-state index is 0.0949. The van der Waals surface area contributed by atoms with Gasteiger partial charge in [-0.15, -0.1) is 23.1 Å². The molecule has 0 bridgehead atoms. The largest absolute Gasteiger partial charge is 0.324 e. The van der Waals surface area contributed by atoms with E-state index in [-0.39, 0.29) is 6.04 Å². The van der Waals surface area contributed by atoms with Gasteiger partial charge in [0.1, 0.15) is 0 Å². The van der Waals surface area contributed by atoms with Crippen LogP contribution in [0, 0.1) is 0 Å². The highest BCUT2D eigenvalue weighted by molar-refractivity contribution is 7.98. The van der Waals surface area contributed by atoms with Crippen LogP contribution in [-0.2, 0) is 5.75 Å². The van der Waals surface area contributed by atoms with Gasteiger partial charge in [-0.3, -0.25) is 0 Å². The lowest BCUT2D eigenvalue weighted by Crippen LogP contribution is -2.04. The van der Waals surface area contributed by atoms with Gasteiger partial charge in [-0.25, -0.2) is 0 Å². The van der Waals surface area contributed by atoms with Crippen molar-refractivity contribution in [2.45, 2.75) is 23.6 Å². The molecule has 1 nitrogen and oxygen atoms in total. The van der Waals surface area contributed by atoms with Gasteiger partial charge in [0.25, 0.3) is 0 Å². The molecule has 0 saturated carbocycles. The van der Waals surface area contributed by atoms with Gasteiger partial charge in [0.15, 0.2) is 0 Å². The Kier molecular flexibility index (Phi) is 4.10. The maximum absolute atomic E-state index is 5.94. The lowest BCUT2D eigenvalue weighted by molar-refractivity contribution is 0.815. The summed E-state index contributed by atoms with van der Waals surface area (Å²) in [5.74, 6) is 1.01. The van der Waals surface area contributed by atoms with E-state index >= 15 is 0 Å². The number of benzene rings is 2. The van der Waals surface area contributed by atoms with Crippen molar-refractivity contribution in [3.63, 3.8) is 0 Å². The summed E-state index contributed by atoms with van der Waals surface area (Å²) in [4.78, 5) is 1.29. The third-order valence-electron chi connectivity index (χ3n) is 3.34. The molecule has 1 unspecified atom stereocenters. The summed E-state index contributed by atoms with van der Waals surface area (Å²) in [6, 6.07) is 17.2. The Labute approximate surface area is 127 Å². The number of rotatable bonds is 4. The highest BCUT2D eigenvalue weighted by Gasteiger charge is 2.05. The van der Waals surface area contributed by atoms with Gasteiger partial charge in [0.05, 0.1) is 0 Å². The molecule has 0 spiro atoms. The molecule has 1 heterocycles. The Balaban J connectivity index is 1.78. The molecule has 2 N–H and O–H groups in total. The molecule has 0 aliphatic rings. The van der Waals surface area contributed by atoms with E-state index in [1.54, 1.807) is 0 Å². The van der Waals surface area contributed by atoms with Crippen LogP contribution in [-0.4, -0.2) is 0 Å². The quantitative estimate of drug-likeness (QED) is 0.669. The highest BCUT2D eigenvalue weighted by Crippen LogP contribution is 2.31. The summed E-state index contributed by atoms with van der Waals surface area (Å²) >= 11 is 3.70. The second-order valence-corrected chi connectivity index (χ2v) is 6.87. The molecule has 3 aromatic rings. The van der Waals surface area contributed by atoms with E-state index in [9.17, 15) is 0 Å². The van der Waals surface area contributed by atoms with Crippen LogP contribution in [0.4, 0.5) is 0 Å². The average Bonchev–Trinajstić information content (AvgIpc) is 2.89. The van der Waals surface area contributed by atoms with Crippen molar-refractivity contribution in [1.82, 2.24) is 0 Å². The second kappa shape index (κ2) is 6.00. The van der Waals surface area contributed by atoms with Gasteiger partial charge >= 0.3 is 0 Å². The highest BCUT2D eigenvalue weighted by atomic mass is 32.2. The summed E-state index contributed by atoms with van der Waals surface area (Å²) in [6.07, 6.45) is 0. The summed E-state index contributed by atoms with van der Waals surface area (Å²) in [5, 5.41) is 3.65. The van der Waals surface area contributed by atoms with E-state index in [1.807, 2.05) is 30.0 Å². The fourth-order valence-corrected chi connectivity index (χ4v) is 4.22. The Morgan fingerprint density at radius 1 is 1.15 bits per heavy atom. The molecule has 20 heavy (non-hydrogen) atoms. The molecular formula is C17H17NS2. The van der Waals surface area contributed by atoms with E-state index in [0.717, 1.165) is 5.75 Å². The third kappa shape index (κ3) is 2.90. The predicted octanol–water partition coefficient (Wildman–Crippen LogP) is 5.21. The summed E-state index contributed by atoms with van der Waals surface area (Å²) in [7, 11) is 0. The third-order valence-corrected chi connectivity index (χ3v) is 5.39. The van der Waals surface area contributed by atoms with Crippen LogP contribution >= 0.6 is 23.1 Å². The maximum Gasteiger partial charge on any atom is 0.0345 e. The first kappa shape index (κ1) is 13.7. The fourth-order valence-electron chi connectivity index (χ4n) is 2.19. The van der Waals surface area contributed by atoms with E-state index in [1.165, 1.54) is 26.1 Å². The van der Waals surface area contributed by atoms with E-state index in [2.05, 4.69) is 53.9 Å². The van der Waals surface area contributed by atoms with Gasteiger partial charge in [-0.2, -0.15) is 0 Å².